The highest BCUT2D eigenvalue weighted by atomic mass is 32.1. The Kier molecular flexibility index (Phi) is 8.37. The van der Waals surface area contributed by atoms with Gasteiger partial charge in [0, 0.05) is 11.6 Å². The van der Waals surface area contributed by atoms with E-state index >= 15 is 0 Å². The number of carbonyl (C=O) groups excluding carboxylic acids is 2. The summed E-state index contributed by atoms with van der Waals surface area (Å²) in [6, 6.07) is 14.8. The Hall–Kier alpha value is -3.18. The van der Waals surface area contributed by atoms with Gasteiger partial charge in [-0.25, -0.2) is 4.79 Å². The fourth-order valence-electron chi connectivity index (χ4n) is 2.62. The van der Waals surface area contributed by atoms with Gasteiger partial charge in [0.2, 0.25) is 0 Å². The number of thiol groups is 1. The van der Waals surface area contributed by atoms with Crippen molar-refractivity contribution in [2.24, 2.45) is 5.92 Å². The molecule has 0 aromatic heterocycles. The number of aromatic hydroxyl groups is 1. The number of carbonyl (C=O) groups is 2. The third-order valence-corrected chi connectivity index (χ3v) is 4.46. The molecular weight excluding hydrogens is 392 g/mol. The van der Waals surface area contributed by atoms with E-state index in [1.807, 2.05) is 13.0 Å². The Morgan fingerprint density at radius 2 is 1.83 bits per heavy atom. The van der Waals surface area contributed by atoms with E-state index < -0.39 is 18.2 Å². The molecule has 0 saturated carbocycles. The van der Waals surface area contributed by atoms with Gasteiger partial charge in [0.15, 0.2) is 0 Å². The van der Waals surface area contributed by atoms with E-state index in [1.165, 1.54) is 12.1 Å². The number of hydrogen-bond donors (Lipinski definition) is 3. The standard InChI is InChI=1S/C21H22N2O5S/c1-14(10-11-27-19(25)13-29)20(16-4-8-18(24)9-5-16)28-21(26)23-17-6-2-15(12-22)3-7-17/h2-9,14,20,24,29H,10-11,13H2,1H3,(H,23,26)/t14-,20-/m1/s1. The fraction of sp³-hybridized carbons (Fsp3) is 0.286. The molecule has 7 nitrogen and oxygen atoms in total. The van der Waals surface area contributed by atoms with Crippen LogP contribution in [0.3, 0.4) is 0 Å². The zero-order chi connectivity index (χ0) is 21.2. The number of nitrogens with zero attached hydrogens (tertiary/aromatic N) is 1. The molecule has 0 fully saturated rings. The van der Waals surface area contributed by atoms with Crippen LogP contribution < -0.4 is 5.32 Å². The van der Waals surface area contributed by atoms with E-state index in [0.717, 1.165) is 0 Å². The van der Waals surface area contributed by atoms with E-state index in [9.17, 15) is 14.7 Å². The fourth-order valence-corrected chi connectivity index (χ4v) is 2.71. The summed E-state index contributed by atoms with van der Waals surface area (Å²) in [4.78, 5) is 23.7. The van der Waals surface area contributed by atoms with Crippen molar-refractivity contribution in [2.75, 3.05) is 17.7 Å². The van der Waals surface area contributed by atoms with E-state index in [0.29, 0.717) is 23.2 Å². The van der Waals surface area contributed by atoms with Crippen LogP contribution in [0.4, 0.5) is 10.5 Å². The molecule has 0 heterocycles. The summed E-state index contributed by atoms with van der Waals surface area (Å²) in [6.45, 7) is 2.05. The molecule has 1 amide bonds. The lowest BCUT2D eigenvalue weighted by Crippen LogP contribution is -2.23. The molecule has 2 atom stereocenters. The van der Waals surface area contributed by atoms with Crippen LogP contribution in [0.5, 0.6) is 5.75 Å². The van der Waals surface area contributed by atoms with Crippen molar-refractivity contribution < 1.29 is 24.2 Å². The Bertz CT molecular complexity index is 862. The molecule has 0 spiro atoms. The van der Waals surface area contributed by atoms with Gasteiger partial charge in [0.1, 0.15) is 11.9 Å². The van der Waals surface area contributed by atoms with Gasteiger partial charge in [-0.3, -0.25) is 10.1 Å². The zero-order valence-corrected chi connectivity index (χ0v) is 16.8. The summed E-state index contributed by atoms with van der Waals surface area (Å²) in [7, 11) is 0. The first-order valence-corrected chi connectivity index (χ1v) is 9.59. The molecule has 0 unspecified atom stereocenters. The number of phenolic OH excluding ortho intramolecular Hbond substituents is 1. The van der Waals surface area contributed by atoms with Gasteiger partial charge < -0.3 is 14.6 Å². The van der Waals surface area contributed by atoms with Crippen LogP contribution in [0.2, 0.25) is 0 Å². The van der Waals surface area contributed by atoms with E-state index in [4.69, 9.17) is 14.7 Å². The molecule has 2 rings (SSSR count). The number of rotatable bonds is 8. The van der Waals surface area contributed by atoms with Crippen molar-refractivity contribution >= 4 is 30.4 Å². The Morgan fingerprint density at radius 1 is 1.17 bits per heavy atom. The van der Waals surface area contributed by atoms with Crippen LogP contribution in [-0.4, -0.2) is 29.5 Å². The Morgan fingerprint density at radius 3 is 2.41 bits per heavy atom. The third-order valence-electron chi connectivity index (χ3n) is 4.20. The summed E-state index contributed by atoms with van der Waals surface area (Å²) in [5.41, 5.74) is 1.68. The van der Waals surface area contributed by atoms with Gasteiger partial charge in [0.05, 0.1) is 24.0 Å². The molecule has 0 aliphatic rings. The lowest BCUT2D eigenvalue weighted by atomic mass is 9.94. The van der Waals surface area contributed by atoms with Crippen molar-refractivity contribution in [3.63, 3.8) is 0 Å². The zero-order valence-electron chi connectivity index (χ0n) is 15.9. The maximum Gasteiger partial charge on any atom is 0.412 e. The van der Waals surface area contributed by atoms with Gasteiger partial charge >= 0.3 is 12.1 Å². The average Bonchev–Trinajstić information content (AvgIpc) is 2.73. The number of ether oxygens (including phenoxy) is 2. The van der Waals surface area contributed by atoms with Gasteiger partial charge in [-0.1, -0.05) is 19.1 Å². The van der Waals surface area contributed by atoms with E-state index in [2.05, 4.69) is 17.9 Å². The summed E-state index contributed by atoms with van der Waals surface area (Å²) in [5, 5.41) is 21.0. The van der Waals surface area contributed by atoms with E-state index in [1.54, 1.807) is 36.4 Å². The van der Waals surface area contributed by atoms with Crippen LogP contribution in [-0.2, 0) is 14.3 Å². The summed E-state index contributed by atoms with van der Waals surface area (Å²) in [5.74, 6) is -0.482. The highest BCUT2D eigenvalue weighted by molar-refractivity contribution is 7.81. The normalized spacial score (nSPS) is 12.3. The second kappa shape index (κ2) is 11.0. The van der Waals surface area contributed by atoms with Crippen molar-refractivity contribution in [1.82, 2.24) is 0 Å². The van der Waals surface area contributed by atoms with Gasteiger partial charge in [-0.05, 0) is 48.4 Å². The minimum atomic E-state index is -0.660. The Labute approximate surface area is 174 Å². The average molecular weight is 414 g/mol. The van der Waals surface area contributed by atoms with E-state index in [-0.39, 0.29) is 24.0 Å². The summed E-state index contributed by atoms with van der Waals surface area (Å²) in [6.07, 6.45) is -0.814. The quantitative estimate of drug-likeness (QED) is 0.444. The predicted molar refractivity (Wildman–Crippen MR) is 111 cm³/mol. The lowest BCUT2D eigenvalue weighted by Gasteiger charge is -2.25. The highest BCUT2D eigenvalue weighted by Gasteiger charge is 2.24. The monoisotopic (exact) mass is 414 g/mol. The first-order valence-electron chi connectivity index (χ1n) is 8.96. The molecule has 0 aliphatic heterocycles. The molecule has 8 heteroatoms. The minimum absolute atomic E-state index is 0.000725. The largest absolute Gasteiger partial charge is 0.508 e. The molecule has 2 aromatic rings. The maximum absolute atomic E-state index is 12.4. The number of esters is 1. The van der Waals surface area contributed by atoms with Crippen LogP contribution in [0.1, 0.15) is 30.6 Å². The lowest BCUT2D eigenvalue weighted by molar-refractivity contribution is -0.141. The molecule has 2 aromatic carbocycles. The van der Waals surface area contributed by atoms with Crippen LogP contribution in [0.25, 0.3) is 0 Å². The van der Waals surface area contributed by atoms with Crippen molar-refractivity contribution in [2.45, 2.75) is 19.4 Å². The molecule has 2 N–H and O–H groups in total. The smallest absolute Gasteiger partial charge is 0.412 e. The number of nitrogens with one attached hydrogen (secondary N) is 1. The number of anilines is 1. The number of hydrogen-bond acceptors (Lipinski definition) is 7. The van der Waals surface area contributed by atoms with Crippen LogP contribution in [0, 0.1) is 17.2 Å². The Balaban J connectivity index is 2.07. The SMILES string of the molecule is C[C@H](CCOC(=O)CS)[C@@H](OC(=O)Nc1ccc(C#N)cc1)c1ccc(O)cc1. The minimum Gasteiger partial charge on any atom is -0.508 e. The first kappa shape index (κ1) is 22.1. The second-order valence-corrected chi connectivity index (χ2v) is 6.69. The van der Waals surface area contributed by atoms with Crippen LogP contribution in [0.15, 0.2) is 48.5 Å². The topological polar surface area (TPSA) is 109 Å². The summed E-state index contributed by atoms with van der Waals surface area (Å²) >= 11 is 3.86. The molecule has 0 radical (unpaired) electrons. The molecule has 0 saturated heterocycles. The van der Waals surface area contributed by atoms with Gasteiger partial charge in [-0.15, -0.1) is 0 Å². The molecule has 29 heavy (non-hydrogen) atoms. The van der Waals surface area contributed by atoms with Gasteiger partial charge in [0.25, 0.3) is 0 Å². The number of phenols is 1. The van der Waals surface area contributed by atoms with Gasteiger partial charge in [-0.2, -0.15) is 17.9 Å². The molecule has 0 aliphatic carbocycles. The predicted octanol–water partition coefficient (Wildman–Crippen LogP) is 4.05. The maximum atomic E-state index is 12.4. The number of nitriles is 1. The summed E-state index contributed by atoms with van der Waals surface area (Å²) < 4.78 is 10.7. The number of benzene rings is 2. The second-order valence-electron chi connectivity index (χ2n) is 6.38. The molecule has 0 bridgehead atoms. The highest BCUT2D eigenvalue weighted by Crippen LogP contribution is 2.30. The van der Waals surface area contributed by atoms with Crippen LogP contribution >= 0.6 is 12.6 Å². The van der Waals surface area contributed by atoms with Crippen molar-refractivity contribution in [3.05, 3.63) is 59.7 Å². The molecule has 152 valence electrons. The number of amides is 1. The van der Waals surface area contributed by atoms with Crippen molar-refractivity contribution in [1.29, 1.82) is 5.26 Å². The third kappa shape index (κ3) is 7.05. The first-order chi connectivity index (χ1) is 13.9. The molecular formula is C21H22N2O5S. The van der Waals surface area contributed by atoms with Crippen molar-refractivity contribution in [3.8, 4) is 11.8 Å².